The van der Waals surface area contributed by atoms with Gasteiger partial charge in [0.05, 0.1) is 22.8 Å². The van der Waals surface area contributed by atoms with Crippen molar-refractivity contribution in [2.24, 2.45) is 0 Å². The highest BCUT2D eigenvalue weighted by Crippen LogP contribution is 2.44. The van der Waals surface area contributed by atoms with Crippen molar-refractivity contribution in [2.45, 2.75) is 38.6 Å². The van der Waals surface area contributed by atoms with Gasteiger partial charge in [-0.25, -0.2) is 9.97 Å². The van der Waals surface area contributed by atoms with Gasteiger partial charge in [-0.3, -0.25) is 4.79 Å². The van der Waals surface area contributed by atoms with Gasteiger partial charge in [0.15, 0.2) is 5.60 Å². The van der Waals surface area contributed by atoms with E-state index < -0.39 is 23.4 Å². The first-order valence-electron chi connectivity index (χ1n) is 10.3. The molecule has 0 bridgehead atoms. The second kappa shape index (κ2) is 7.58. The largest absolute Gasteiger partial charge is 0.416 e. The number of carbonyl (C=O) groups excluding carboxylic acids is 1. The van der Waals surface area contributed by atoms with Crippen LogP contribution in [0.15, 0.2) is 30.3 Å². The number of anilines is 3. The minimum Gasteiger partial charge on any atom is -0.399 e. The summed E-state index contributed by atoms with van der Waals surface area (Å²) in [5, 5.41) is 3.82. The van der Waals surface area contributed by atoms with Crippen molar-refractivity contribution in [2.75, 3.05) is 30.1 Å². The number of carbonyl (C=O) groups is 1. The molecule has 4 rings (SSSR count). The maximum atomic E-state index is 13.2. The van der Waals surface area contributed by atoms with Gasteiger partial charge < -0.3 is 20.7 Å². The van der Waals surface area contributed by atoms with Gasteiger partial charge in [-0.05, 0) is 56.7 Å². The highest BCUT2D eigenvalue weighted by atomic mass is 19.4. The van der Waals surface area contributed by atoms with E-state index in [1.54, 1.807) is 40.0 Å². The Labute approximate surface area is 188 Å². The smallest absolute Gasteiger partial charge is 0.399 e. The van der Waals surface area contributed by atoms with Crippen LogP contribution in [0.25, 0.3) is 10.9 Å². The van der Waals surface area contributed by atoms with E-state index in [2.05, 4.69) is 15.3 Å². The molecular weight excluding hydrogens is 435 g/mol. The predicted molar refractivity (Wildman–Crippen MR) is 120 cm³/mol. The third-order valence-electron chi connectivity index (χ3n) is 6.08. The van der Waals surface area contributed by atoms with Crippen LogP contribution in [0.1, 0.15) is 42.4 Å². The van der Waals surface area contributed by atoms with Crippen molar-refractivity contribution in [3.05, 3.63) is 52.8 Å². The van der Waals surface area contributed by atoms with Gasteiger partial charge in [0, 0.05) is 30.8 Å². The number of hydrogen-bond acceptors (Lipinski definition) is 6. The average molecular weight is 459 g/mol. The van der Waals surface area contributed by atoms with Crippen LogP contribution in [0.2, 0.25) is 0 Å². The highest BCUT2D eigenvalue weighted by Gasteiger charge is 2.47. The summed E-state index contributed by atoms with van der Waals surface area (Å²) in [4.78, 5) is 23.3. The summed E-state index contributed by atoms with van der Waals surface area (Å²) in [5.74, 6) is 0.704. The molecule has 1 unspecified atom stereocenters. The first-order valence-corrected chi connectivity index (χ1v) is 10.3. The molecule has 0 aliphatic carbocycles. The Morgan fingerprint density at radius 1 is 1.18 bits per heavy atom. The SMILES string of the molecule is CO[C@]1(C)C(=O)N(C)c2cc3c(NC(C)c4cc(N)cc(C(F)(F)F)c4)nc(C)nc3cc21. The number of ether oxygens (including phenoxy) is 1. The molecule has 0 radical (unpaired) electrons. The average Bonchev–Trinajstić information content (AvgIpc) is 2.92. The Kier molecular flexibility index (Phi) is 5.24. The second-order valence-corrected chi connectivity index (χ2v) is 8.36. The first-order chi connectivity index (χ1) is 15.3. The Morgan fingerprint density at radius 3 is 2.52 bits per heavy atom. The number of likely N-dealkylation sites (N-methyl/N-ethyl adjacent to an activating group) is 1. The molecule has 10 heteroatoms. The Balaban J connectivity index is 1.80. The Morgan fingerprint density at radius 2 is 1.88 bits per heavy atom. The number of nitrogen functional groups attached to an aromatic ring is 1. The summed E-state index contributed by atoms with van der Waals surface area (Å²) in [6.45, 7) is 5.15. The van der Waals surface area contributed by atoms with Crippen molar-refractivity contribution >= 4 is 34.0 Å². The molecule has 0 spiro atoms. The molecule has 0 fully saturated rings. The lowest BCUT2D eigenvalue weighted by molar-refractivity contribution is -0.138. The van der Waals surface area contributed by atoms with Gasteiger partial charge in [-0.2, -0.15) is 13.2 Å². The third kappa shape index (κ3) is 3.74. The molecule has 3 aromatic rings. The maximum Gasteiger partial charge on any atom is 0.416 e. The number of halogens is 3. The summed E-state index contributed by atoms with van der Waals surface area (Å²) in [7, 11) is 3.14. The standard InChI is InChI=1S/C23H24F3N5O2/c1-11(13-6-14(23(24,25)26)8-15(27)7-13)28-20-16-9-19-17(10-18(16)29-12(2)30-20)22(3,33-5)21(32)31(19)4/h6-11H,27H2,1-5H3,(H,28,29,30)/t11?,22-/m0/s1. The zero-order valence-electron chi connectivity index (χ0n) is 18.8. The lowest BCUT2D eigenvalue weighted by atomic mass is 9.96. The van der Waals surface area contributed by atoms with Gasteiger partial charge >= 0.3 is 6.18 Å². The van der Waals surface area contributed by atoms with Crippen LogP contribution in [0, 0.1) is 6.92 Å². The third-order valence-corrected chi connectivity index (χ3v) is 6.08. The number of amides is 1. The van der Waals surface area contributed by atoms with Gasteiger partial charge in [-0.1, -0.05) is 0 Å². The number of aromatic nitrogens is 2. The van der Waals surface area contributed by atoms with Crippen molar-refractivity contribution in [1.29, 1.82) is 0 Å². The number of benzene rings is 2. The fraction of sp³-hybridized carbons (Fsp3) is 0.348. The molecular formula is C23H24F3N5O2. The number of hydrogen-bond donors (Lipinski definition) is 2. The topological polar surface area (TPSA) is 93.4 Å². The quantitative estimate of drug-likeness (QED) is 0.556. The number of methoxy groups -OCH3 is 1. The molecule has 33 heavy (non-hydrogen) atoms. The summed E-state index contributed by atoms with van der Waals surface area (Å²) >= 11 is 0. The summed E-state index contributed by atoms with van der Waals surface area (Å²) in [6.07, 6.45) is -4.51. The molecule has 1 aliphatic rings. The molecule has 0 saturated heterocycles. The van der Waals surface area contributed by atoms with Crippen LogP contribution in [-0.4, -0.2) is 30.0 Å². The van der Waals surface area contributed by atoms with Crippen LogP contribution in [0.5, 0.6) is 0 Å². The predicted octanol–water partition coefficient (Wildman–Crippen LogP) is 4.55. The molecule has 0 saturated carbocycles. The number of alkyl halides is 3. The molecule has 2 heterocycles. The van der Waals surface area contributed by atoms with E-state index >= 15 is 0 Å². The molecule has 7 nitrogen and oxygen atoms in total. The number of nitrogens with zero attached hydrogens (tertiary/aromatic N) is 3. The van der Waals surface area contributed by atoms with Crippen molar-refractivity contribution in [1.82, 2.24) is 9.97 Å². The maximum absolute atomic E-state index is 13.2. The zero-order chi connectivity index (χ0) is 24.3. The molecule has 2 atom stereocenters. The van der Waals surface area contributed by atoms with E-state index in [0.29, 0.717) is 39.4 Å². The van der Waals surface area contributed by atoms with E-state index in [1.165, 1.54) is 18.1 Å². The van der Waals surface area contributed by atoms with Crippen molar-refractivity contribution in [3.8, 4) is 0 Å². The van der Waals surface area contributed by atoms with E-state index in [4.69, 9.17) is 10.5 Å². The summed E-state index contributed by atoms with van der Waals surface area (Å²) < 4.78 is 45.3. The number of fused-ring (bicyclic) bond motifs is 2. The van der Waals surface area contributed by atoms with Crippen LogP contribution < -0.4 is 16.0 Å². The van der Waals surface area contributed by atoms with Crippen molar-refractivity contribution < 1.29 is 22.7 Å². The van der Waals surface area contributed by atoms with E-state index in [-0.39, 0.29) is 11.6 Å². The van der Waals surface area contributed by atoms with E-state index in [9.17, 15) is 18.0 Å². The fourth-order valence-corrected chi connectivity index (χ4v) is 4.17. The van der Waals surface area contributed by atoms with Gasteiger partial charge in [0.25, 0.3) is 5.91 Å². The number of nitrogens with one attached hydrogen (secondary N) is 1. The molecule has 1 aliphatic heterocycles. The summed E-state index contributed by atoms with van der Waals surface area (Å²) in [6, 6.07) is 6.52. The number of nitrogens with two attached hydrogens (primary N) is 1. The van der Waals surface area contributed by atoms with Crippen LogP contribution >= 0.6 is 0 Å². The zero-order valence-corrected chi connectivity index (χ0v) is 18.8. The van der Waals surface area contributed by atoms with E-state index in [1.807, 2.05) is 0 Å². The number of rotatable bonds is 4. The van der Waals surface area contributed by atoms with Gasteiger partial charge in [0.2, 0.25) is 0 Å². The minimum absolute atomic E-state index is 0.0222. The van der Waals surface area contributed by atoms with Gasteiger partial charge in [-0.15, -0.1) is 0 Å². The highest BCUT2D eigenvalue weighted by molar-refractivity contribution is 6.09. The molecule has 2 aromatic carbocycles. The molecule has 1 aromatic heterocycles. The summed E-state index contributed by atoms with van der Waals surface area (Å²) in [5.41, 5.74) is 6.11. The Bertz CT molecular complexity index is 1280. The molecule has 174 valence electrons. The normalized spacial score (nSPS) is 19.2. The van der Waals surface area contributed by atoms with Gasteiger partial charge in [0.1, 0.15) is 11.6 Å². The second-order valence-electron chi connectivity index (χ2n) is 8.36. The molecule has 3 N–H and O–H groups in total. The van der Waals surface area contributed by atoms with Crippen molar-refractivity contribution in [3.63, 3.8) is 0 Å². The monoisotopic (exact) mass is 459 g/mol. The fourth-order valence-electron chi connectivity index (χ4n) is 4.17. The van der Waals surface area contributed by atoms with Crippen LogP contribution in [0.3, 0.4) is 0 Å². The minimum atomic E-state index is -4.51. The lowest BCUT2D eigenvalue weighted by Gasteiger charge is -2.21. The van der Waals surface area contributed by atoms with Crippen LogP contribution in [0.4, 0.5) is 30.4 Å². The first kappa shape index (κ1) is 22.8. The van der Waals surface area contributed by atoms with E-state index in [0.717, 1.165) is 12.1 Å². The lowest BCUT2D eigenvalue weighted by Crippen LogP contribution is -2.37. The molecule has 1 amide bonds. The van der Waals surface area contributed by atoms with Crippen LogP contribution in [-0.2, 0) is 21.3 Å². The Hall–Kier alpha value is -3.40. The number of aryl methyl sites for hydroxylation is 1.